The molecule has 1 fully saturated rings. The molecule has 0 bridgehead atoms. The van der Waals surface area contributed by atoms with Crippen LogP contribution in [0.2, 0.25) is 0 Å². The summed E-state index contributed by atoms with van der Waals surface area (Å²) in [6.45, 7) is 11.8. The normalized spacial score (nSPS) is 16.3. The van der Waals surface area contributed by atoms with Gasteiger partial charge in [-0.3, -0.25) is 0 Å². The van der Waals surface area contributed by atoms with Gasteiger partial charge in [0.25, 0.3) is 0 Å². The van der Waals surface area contributed by atoms with Gasteiger partial charge in [-0.05, 0) is 78.1 Å². The van der Waals surface area contributed by atoms with Crippen molar-refractivity contribution in [1.29, 1.82) is 0 Å². The van der Waals surface area contributed by atoms with Crippen LogP contribution in [-0.4, -0.2) is 80.2 Å². The van der Waals surface area contributed by atoms with Gasteiger partial charge in [-0.15, -0.1) is 6.58 Å². The molecule has 2 aromatic rings. The predicted octanol–water partition coefficient (Wildman–Crippen LogP) is 6.29. The standard InChI is InChI=1S/C32H46IN3O4S/c1-5-7-24-41(38,39)34(4)26-32(3,28-11-9-8-10-12-28)19-23-35-21-17-30(18-22-35)36(20-6-2)31(37)40-25-27-13-15-29(33)16-14-27/h6,8-16,30H,2,5,7,17-26H2,1,3-4H3. The quantitative estimate of drug-likeness (QED) is 0.162. The molecule has 0 aliphatic carbocycles. The maximum absolute atomic E-state index is 13.0. The molecule has 1 unspecified atom stereocenters. The molecule has 1 saturated heterocycles. The Labute approximate surface area is 261 Å². The lowest BCUT2D eigenvalue weighted by molar-refractivity contribution is 0.0646. The molecule has 9 heteroatoms. The Morgan fingerprint density at radius 1 is 1.15 bits per heavy atom. The van der Waals surface area contributed by atoms with Crippen LogP contribution in [0.15, 0.2) is 67.3 Å². The fraction of sp³-hybridized carbons (Fsp3) is 0.531. The third kappa shape index (κ3) is 10.1. The maximum atomic E-state index is 13.0. The van der Waals surface area contributed by atoms with Gasteiger partial charge in [-0.25, -0.2) is 17.5 Å². The highest BCUT2D eigenvalue weighted by Gasteiger charge is 2.34. The van der Waals surface area contributed by atoms with Gasteiger partial charge in [0.15, 0.2) is 0 Å². The third-order valence-electron chi connectivity index (χ3n) is 8.09. The van der Waals surface area contributed by atoms with Gasteiger partial charge in [-0.2, -0.15) is 0 Å². The zero-order valence-corrected chi connectivity index (χ0v) is 27.8. The second-order valence-corrected chi connectivity index (χ2v) is 14.7. The largest absolute Gasteiger partial charge is 0.445 e. The van der Waals surface area contributed by atoms with Gasteiger partial charge in [0.1, 0.15) is 6.61 Å². The number of piperidine rings is 1. The summed E-state index contributed by atoms with van der Waals surface area (Å²) in [5, 5.41) is 0. The highest BCUT2D eigenvalue weighted by atomic mass is 127. The number of amides is 1. The Hall–Kier alpha value is -1.95. The number of nitrogens with zero attached hydrogens (tertiary/aromatic N) is 3. The van der Waals surface area contributed by atoms with Crippen LogP contribution in [-0.2, 0) is 26.8 Å². The molecule has 1 amide bonds. The molecular weight excluding hydrogens is 649 g/mol. The number of benzene rings is 2. The summed E-state index contributed by atoms with van der Waals surface area (Å²) >= 11 is 2.26. The Morgan fingerprint density at radius 2 is 1.80 bits per heavy atom. The lowest BCUT2D eigenvalue weighted by Gasteiger charge is -2.40. The number of hydrogen-bond acceptors (Lipinski definition) is 5. The van der Waals surface area contributed by atoms with Crippen LogP contribution in [0, 0.1) is 3.57 Å². The molecule has 2 aromatic carbocycles. The molecule has 1 aliphatic heterocycles. The number of hydrogen-bond donors (Lipinski definition) is 0. The molecular formula is C32H46IN3O4S. The molecule has 0 spiro atoms. The zero-order chi connectivity index (χ0) is 29.9. The number of carbonyl (C=O) groups excluding carboxylic acids is 1. The van der Waals surface area contributed by atoms with Crippen LogP contribution in [0.1, 0.15) is 57.1 Å². The number of halogens is 1. The SMILES string of the molecule is C=CCN(C(=O)OCc1ccc(I)cc1)C1CCN(CCC(C)(CN(C)S(=O)(=O)CCCC)c2ccccc2)CC1. The van der Waals surface area contributed by atoms with E-state index in [-0.39, 0.29) is 29.9 Å². The Balaban J connectivity index is 1.59. The number of unbranched alkanes of at least 4 members (excludes halogenated alkanes) is 1. The minimum atomic E-state index is -3.30. The topological polar surface area (TPSA) is 70.2 Å². The summed E-state index contributed by atoms with van der Waals surface area (Å²) < 4.78 is 34.2. The lowest BCUT2D eigenvalue weighted by atomic mass is 9.79. The highest BCUT2D eigenvalue weighted by molar-refractivity contribution is 14.1. The first-order valence-electron chi connectivity index (χ1n) is 14.6. The number of likely N-dealkylation sites (N-methyl/N-ethyl adjacent to an activating group) is 1. The second kappa shape index (κ2) is 16.0. The first-order chi connectivity index (χ1) is 19.6. The molecule has 1 heterocycles. The van der Waals surface area contributed by atoms with Crippen molar-refractivity contribution in [3.8, 4) is 0 Å². The molecule has 0 saturated carbocycles. The predicted molar refractivity (Wildman–Crippen MR) is 175 cm³/mol. The van der Waals surface area contributed by atoms with E-state index >= 15 is 0 Å². The van der Waals surface area contributed by atoms with Gasteiger partial charge in [-0.1, -0.05) is 68.8 Å². The summed E-state index contributed by atoms with van der Waals surface area (Å²) in [4.78, 5) is 17.2. The molecule has 41 heavy (non-hydrogen) atoms. The van der Waals surface area contributed by atoms with E-state index in [2.05, 4.69) is 53.1 Å². The van der Waals surface area contributed by atoms with Crippen molar-refractivity contribution in [2.24, 2.45) is 0 Å². The van der Waals surface area contributed by atoms with E-state index in [4.69, 9.17) is 4.74 Å². The van der Waals surface area contributed by atoms with Crippen LogP contribution in [0.4, 0.5) is 4.79 Å². The van der Waals surface area contributed by atoms with Gasteiger partial charge >= 0.3 is 6.09 Å². The van der Waals surface area contributed by atoms with Gasteiger partial charge in [0, 0.05) is 48.3 Å². The van der Waals surface area contributed by atoms with E-state index in [1.165, 1.54) is 0 Å². The number of carbonyl (C=O) groups is 1. The van der Waals surface area contributed by atoms with E-state index in [0.29, 0.717) is 19.5 Å². The fourth-order valence-corrected chi connectivity index (χ4v) is 7.21. The Kier molecular flexibility index (Phi) is 13.1. The van der Waals surface area contributed by atoms with Crippen molar-refractivity contribution in [3.63, 3.8) is 0 Å². The molecule has 0 aromatic heterocycles. The minimum absolute atomic E-state index is 0.101. The monoisotopic (exact) mass is 695 g/mol. The van der Waals surface area contributed by atoms with E-state index in [9.17, 15) is 13.2 Å². The highest BCUT2D eigenvalue weighted by Crippen LogP contribution is 2.31. The number of likely N-dealkylation sites (tertiary alicyclic amines) is 1. The molecule has 0 radical (unpaired) electrons. The van der Waals surface area contributed by atoms with Crippen molar-refractivity contribution < 1.29 is 17.9 Å². The summed E-state index contributed by atoms with van der Waals surface area (Å²) in [5.74, 6) is 0.187. The van der Waals surface area contributed by atoms with Crippen LogP contribution in [0.5, 0.6) is 0 Å². The van der Waals surface area contributed by atoms with Gasteiger partial charge < -0.3 is 14.5 Å². The second-order valence-electron chi connectivity index (χ2n) is 11.3. The molecule has 7 nitrogen and oxygen atoms in total. The van der Waals surface area contributed by atoms with Crippen LogP contribution in [0.3, 0.4) is 0 Å². The van der Waals surface area contributed by atoms with E-state index in [0.717, 1.165) is 60.0 Å². The average molecular weight is 696 g/mol. The van der Waals surface area contributed by atoms with Crippen LogP contribution in [0.25, 0.3) is 0 Å². The van der Waals surface area contributed by atoms with E-state index in [1.807, 2.05) is 49.4 Å². The lowest BCUT2D eigenvalue weighted by Crippen LogP contribution is -2.49. The number of sulfonamides is 1. The smallest absolute Gasteiger partial charge is 0.410 e. The molecule has 3 rings (SSSR count). The van der Waals surface area contributed by atoms with Crippen molar-refractivity contribution in [3.05, 3.63) is 81.9 Å². The average Bonchev–Trinajstić information content (AvgIpc) is 2.98. The maximum Gasteiger partial charge on any atom is 0.410 e. The Bertz CT molecular complexity index is 1200. The van der Waals surface area contributed by atoms with Gasteiger partial charge in [0.2, 0.25) is 10.0 Å². The van der Waals surface area contributed by atoms with Crippen molar-refractivity contribution in [1.82, 2.24) is 14.1 Å². The van der Waals surface area contributed by atoms with Crippen molar-refractivity contribution in [2.75, 3.05) is 45.5 Å². The minimum Gasteiger partial charge on any atom is -0.445 e. The molecule has 1 atom stereocenters. The zero-order valence-electron chi connectivity index (χ0n) is 24.8. The number of ether oxygens (including phenoxy) is 1. The summed E-state index contributed by atoms with van der Waals surface area (Å²) in [7, 11) is -1.59. The van der Waals surface area contributed by atoms with Gasteiger partial charge in [0.05, 0.1) is 5.75 Å². The summed E-state index contributed by atoms with van der Waals surface area (Å²) in [6.07, 6.45) is 5.54. The molecule has 226 valence electrons. The fourth-order valence-electron chi connectivity index (χ4n) is 5.41. The number of rotatable bonds is 15. The summed E-state index contributed by atoms with van der Waals surface area (Å²) in [6, 6.07) is 18.3. The van der Waals surface area contributed by atoms with Crippen LogP contribution >= 0.6 is 22.6 Å². The third-order valence-corrected chi connectivity index (χ3v) is 10.7. The van der Waals surface area contributed by atoms with Crippen molar-refractivity contribution in [2.45, 2.75) is 64.0 Å². The van der Waals surface area contributed by atoms with Crippen LogP contribution < -0.4 is 0 Å². The first kappa shape index (κ1) is 33.6. The Morgan fingerprint density at radius 3 is 2.41 bits per heavy atom. The van der Waals surface area contributed by atoms with Crippen molar-refractivity contribution >= 4 is 38.7 Å². The molecule has 0 N–H and O–H groups in total. The van der Waals surface area contributed by atoms with E-state index in [1.54, 1.807) is 22.3 Å². The molecule has 1 aliphatic rings. The first-order valence-corrected chi connectivity index (χ1v) is 17.3. The summed E-state index contributed by atoms with van der Waals surface area (Å²) in [5.41, 5.74) is 1.80. The van der Waals surface area contributed by atoms with E-state index < -0.39 is 10.0 Å².